The fourth-order valence-electron chi connectivity index (χ4n) is 2.57. The predicted octanol–water partition coefficient (Wildman–Crippen LogP) is 1.26. The van der Waals surface area contributed by atoms with Crippen LogP contribution in [-0.4, -0.2) is 68.0 Å². The van der Waals surface area contributed by atoms with Crippen molar-refractivity contribution in [1.82, 2.24) is 20.4 Å². The molecule has 0 aromatic heterocycles. The van der Waals surface area contributed by atoms with Gasteiger partial charge in [0.25, 0.3) is 0 Å². The molecule has 9 heteroatoms. The monoisotopic (exact) mass is 475 g/mol. The van der Waals surface area contributed by atoms with Crippen LogP contribution < -0.4 is 15.4 Å². The van der Waals surface area contributed by atoms with Gasteiger partial charge in [-0.1, -0.05) is 18.2 Å². The minimum atomic E-state index is -0.354. The Balaban J connectivity index is 0.00000338. The molecule has 26 heavy (non-hydrogen) atoms. The Morgan fingerprint density at radius 3 is 2.73 bits per heavy atom. The lowest BCUT2D eigenvalue weighted by atomic mass is 10.2. The lowest BCUT2D eigenvalue weighted by Crippen LogP contribution is -2.39. The number of benzene rings is 1. The molecule has 1 aliphatic rings. The van der Waals surface area contributed by atoms with E-state index in [1.165, 1.54) is 4.90 Å². The normalized spacial score (nSPS) is 14.0. The molecule has 0 saturated carbocycles. The van der Waals surface area contributed by atoms with Crippen LogP contribution in [0.4, 0.5) is 4.79 Å². The summed E-state index contributed by atoms with van der Waals surface area (Å²) in [6.45, 7) is 4.01. The van der Waals surface area contributed by atoms with Crippen molar-refractivity contribution in [2.45, 2.75) is 13.5 Å². The molecule has 0 radical (unpaired) electrons. The van der Waals surface area contributed by atoms with E-state index in [-0.39, 0.29) is 49.0 Å². The Kier molecular flexibility index (Phi) is 9.17. The summed E-state index contributed by atoms with van der Waals surface area (Å²) >= 11 is 0. The zero-order chi connectivity index (χ0) is 18.2. The van der Waals surface area contributed by atoms with Gasteiger partial charge >= 0.3 is 6.03 Å². The van der Waals surface area contributed by atoms with Gasteiger partial charge in [-0.25, -0.2) is 4.79 Å². The first-order chi connectivity index (χ1) is 12.1. The first-order valence-electron chi connectivity index (χ1n) is 8.26. The summed E-state index contributed by atoms with van der Waals surface area (Å²) in [6.07, 6.45) is 0. The summed E-state index contributed by atoms with van der Waals surface area (Å²) in [5.74, 6) is 1.32. The zero-order valence-electron chi connectivity index (χ0n) is 15.3. The third-order valence-corrected chi connectivity index (χ3v) is 3.82. The van der Waals surface area contributed by atoms with Gasteiger partial charge in [0.2, 0.25) is 5.91 Å². The molecule has 1 aromatic carbocycles. The third-order valence-electron chi connectivity index (χ3n) is 3.82. The van der Waals surface area contributed by atoms with Crippen LogP contribution >= 0.6 is 24.0 Å². The molecule has 1 aliphatic heterocycles. The van der Waals surface area contributed by atoms with Gasteiger partial charge in [-0.05, 0) is 13.0 Å². The molecule has 0 atom stereocenters. The maximum Gasteiger partial charge on any atom is 0.324 e. The van der Waals surface area contributed by atoms with Crippen LogP contribution in [0.25, 0.3) is 0 Å². The zero-order valence-corrected chi connectivity index (χ0v) is 17.6. The number of urea groups is 1. The van der Waals surface area contributed by atoms with Crippen LogP contribution in [0.1, 0.15) is 12.5 Å². The van der Waals surface area contributed by atoms with Gasteiger partial charge in [-0.15, -0.1) is 24.0 Å². The number of amides is 3. The fraction of sp³-hybridized carbons (Fsp3) is 0.471. The average molecular weight is 475 g/mol. The van der Waals surface area contributed by atoms with E-state index >= 15 is 0 Å². The second-order valence-electron chi connectivity index (χ2n) is 5.61. The molecule has 0 spiro atoms. The van der Waals surface area contributed by atoms with Crippen molar-refractivity contribution in [1.29, 1.82) is 0 Å². The number of aliphatic imine (C=N–C) groups is 1. The van der Waals surface area contributed by atoms with E-state index in [0.717, 1.165) is 17.9 Å². The number of rotatable bonds is 7. The Morgan fingerprint density at radius 1 is 1.38 bits per heavy atom. The predicted molar refractivity (Wildman–Crippen MR) is 111 cm³/mol. The van der Waals surface area contributed by atoms with Gasteiger partial charge in [0.15, 0.2) is 5.96 Å². The van der Waals surface area contributed by atoms with Gasteiger partial charge in [0.1, 0.15) is 5.75 Å². The number of nitrogens with zero attached hydrogens (tertiary/aromatic N) is 3. The number of hydrogen-bond donors (Lipinski definition) is 2. The lowest BCUT2D eigenvalue weighted by Gasteiger charge is -2.23. The minimum absolute atomic E-state index is 0. The summed E-state index contributed by atoms with van der Waals surface area (Å²) in [6, 6.07) is 7.47. The van der Waals surface area contributed by atoms with E-state index in [4.69, 9.17) is 4.74 Å². The van der Waals surface area contributed by atoms with E-state index in [9.17, 15) is 9.59 Å². The van der Waals surface area contributed by atoms with E-state index in [1.807, 2.05) is 43.1 Å². The highest BCUT2D eigenvalue weighted by molar-refractivity contribution is 14.0. The molecular formula is C17H26IN5O3. The molecule has 2 N–H and O–H groups in total. The quantitative estimate of drug-likeness (QED) is 0.269. The molecular weight excluding hydrogens is 449 g/mol. The molecule has 2 rings (SSSR count). The molecule has 1 aromatic rings. The van der Waals surface area contributed by atoms with Crippen LogP contribution in [0.5, 0.6) is 5.75 Å². The van der Waals surface area contributed by atoms with Crippen molar-refractivity contribution >= 4 is 41.9 Å². The minimum Gasteiger partial charge on any atom is -0.496 e. The van der Waals surface area contributed by atoms with Crippen molar-refractivity contribution in [3.63, 3.8) is 0 Å². The highest BCUT2D eigenvalue weighted by atomic mass is 127. The highest BCUT2D eigenvalue weighted by Crippen LogP contribution is 2.18. The summed E-state index contributed by atoms with van der Waals surface area (Å²) in [5.41, 5.74) is 1.05. The van der Waals surface area contributed by atoms with Gasteiger partial charge in [-0.3, -0.25) is 14.7 Å². The number of hydrogen-bond acceptors (Lipinski definition) is 4. The van der Waals surface area contributed by atoms with E-state index in [1.54, 1.807) is 7.11 Å². The Labute approximate surface area is 171 Å². The summed E-state index contributed by atoms with van der Waals surface area (Å²) in [7, 11) is 3.58. The summed E-state index contributed by atoms with van der Waals surface area (Å²) in [4.78, 5) is 30.8. The van der Waals surface area contributed by atoms with Crippen molar-refractivity contribution < 1.29 is 14.3 Å². The lowest BCUT2D eigenvalue weighted by molar-refractivity contribution is -0.124. The first-order valence-corrected chi connectivity index (χ1v) is 8.26. The number of para-hydroxylation sites is 1. The van der Waals surface area contributed by atoms with Crippen molar-refractivity contribution in [2.24, 2.45) is 4.99 Å². The molecule has 3 amide bonds. The van der Waals surface area contributed by atoms with Gasteiger partial charge in [-0.2, -0.15) is 0 Å². The van der Waals surface area contributed by atoms with E-state index in [2.05, 4.69) is 15.6 Å². The number of guanidine groups is 1. The van der Waals surface area contributed by atoms with Gasteiger partial charge in [0, 0.05) is 25.7 Å². The number of imide groups is 1. The first kappa shape index (κ1) is 22.0. The summed E-state index contributed by atoms with van der Waals surface area (Å²) in [5, 5.41) is 5.72. The third kappa shape index (κ3) is 5.75. The molecule has 0 aliphatic carbocycles. The number of halogens is 1. The SMILES string of the molecule is CCNC(=NCCN1C(=O)CNC1=O)N(C)Cc1ccccc1OC.I. The topological polar surface area (TPSA) is 86.3 Å². The highest BCUT2D eigenvalue weighted by Gasteiger charge is 2.27. The second-order valence-corrected chi connectivity index (χ2v) is 5.61. The van der Waals surface area contributed by atoms with Crippen LogP contribution in [0.3, 0.4) is 0 Å². The molecule has 144 valence electrons. The van der Waals surface area contributed by atoms with Crippen LogP contribution in [0, 0.1) is 0 Å². The van der Waals surface area contributed by atoms with Crippen LogP contribution in [0.15, 0.2) is 29.3 Å². The Hall–Kier alpha value is -2.04. The van der Waals surface area contributed by atoms with Crippen LogP contribution in [0.2, 0.25) is 0 Å². The molecule has 8 nitrogen and oxygen atoms in total. The maximum atomic E-state index is 11.6. The molecule has 1 saturated heterocycles. The number of methoxy groups -OCH3 is 1. The second kappa shape index (κ2) is 10.8. The van der Waals surface area contributed by atoms with Crippen molar-refractivity contribution in [2.75, 3.05) is 40.3 Å². The van der Waals surface area contributed by atoms with Crippen molar-refractivity contribution in [3.8, 4) is 5.75 Å². The number of carbonyl (C=O) groups excluding carboxylic acids is 2. The van der Waals surface area contributed by atoms with Crippen molar-refractivity contribution in [3.05, 3.63) is 29.8 Å². The molecule has 1 fully saturated rings. The van der Waals surface area contributed by atoms with Gasteiger partial charge in [0.05, 0.1) is 26.7 Å². The molecule has 1 heterocycles. The van der Waals surface area contributed by atoms with Crippen LogP contribution in [-0.2, 0) is 11.3 Å². The maximum absolute atomic E-state index is 11.6. The van der Waals surface area contributed by atoms with E-state index < -0.39 is 0 Å². The average Bonchev–Trinajstić information content (AvgIpc) is 2.93. The summed E-state index contributed by atoms with van der Waals surface area (Å²) < 4.78 is 5.38. The molecule has 0 bridgehead atoms. The van der Waals surface area contributed by atoms with Gasteiger partial charge < -0.3 is 20.3 Å². The fourth-order valence-corrected chi connectivity index (χ4v) is 2.57. The number of nitrogens with one attached hydrogen (secondary N) is 2. The van der Waals surface area contributed by atoms with E-state index in [0.29, 0.717) is 19.0 Å². The Bertz CT molecular complexity index is 637. The molecule has 0 unspecified atom stereocenters. The smallest absolute Gasteiger partial charge is 0.324 e. The number of carbonyl (C=O) groups is 2. The largest absolute Gasteiger partial charge is 0.496 e. The Morgan fingerprint density at radius 2 is 2.12 bits per heavy atom. The number of ether oxygens (including phenoxy) is 1. The standard InChI is InChI=1S/C17H25N5O3.HI/c1-4-18-16(19-9-10-22-15(23)11-20-17(22)24)21(2)12-13-7-5-6-8-14(13)25-3;/h5-8H,4,9-12H2,1-3H3,(H,18,19)(H,20,24);1H.